The van der Waals surface area contributed by atoms with E-state index in [4.69, 9.17) is 0 Å². The van der Waals surface area contributed by atoms with Gasteiger partial charge >= 0.3 is 0 Å². The minimum absolute atomic E-state index is 0.0987. The van der Waals surface area contributed by atoms with Crippen LogP contribution in [0.15, 0.2) is 152 Å². The lowest BCUT2D eigenvalue weighted by atomic mass is 9.37. The number of hydrogen-bond acceptors (Lipinski definition) is 1. The van der Waals surface area contributed by atoms with Crippen LogP contribution in [0.5, 0.6) is 0 Å². The van der Waals surface area contributed by atoms with E-state index in [1.165, 1.54) is 34.9 Å². The van der Waals surface area contributed by atoms with Crippen molar-refractivity contribution < 1.29 is 0 Å². The van der Waals surface area contributed by atoms with Gasteiger partial charge in [-0.2, -0.15) is 0 Å². The molecule has 39 heavy (non-hydrogen) atoms. The van der Waals surface area contributed by atoms with E-state index in [1.807, 2.05) is 12.5 Å². The molecule has 0 aliphatic heterocycles. The molecule has 0 spiro atoms. The minimum atomic E-state index is -0.522. The molecule has 1 aliphatic carbocycles. The highest BCUT2D eigenvalue weighted by Gasteiger charge is 2.36. The Morgan fingerprint density at radius 2 is 1.26 bits per heavy atom. The van der Waals surface area contributed by atoms with Gasteiger partial charge in [-0.25, -0.2) is 4.98 Å². The van der Waals surface area contributed by atoms with Gasteiger partial charge in [-0.3, -0.25) is 0 Å². The first-order valence-corrected chi connectivity index (χ1v) is 15.8. The van der Waals surface area contributed by atoms with Crippen molar-refractivity contribution in [1.82, 2.24) is 9.55 Å². The van der Waals surface area contributed by atoms with Gasteiger partial charge in [0.1, 0.15) is 0 Å². The Bertz CT molecular complexity index is 1320. The SMILES string of the molecule is CC=CC[SiH2]C(c1ccccc1)(c1ccccc1)n1ccnc1.c1ccc(B(c2ccccc2)C2CC2)cc1. The number of benzene rings is 4. The third-order valence-electron chi connectivity index (χ3n) is 7.77. The van der Waals surface area contributed by atoms with Crippen molar-refractivity contribution in [3.05, 3.63) is 163 Å². The normalized spacial score (nSPS) is 13.4. The van der Waals surface area contributed by atoms with Gasteiger partial charge in [0, 0.05) is 12.4 Å². The minimum Gasteiger partial charge on any atom is -0.327 e. The predicted octanol–water partition coefficient (Wildman–Crippen LogP) is 6.26. The van der Waals surface area contributed by atoms with Crippen molar-refractivity contribution in [2.24, 2.45) is 0 Å². The molecule has 0 N–H and O–H groups in total. The van der Waals surface area contributed by atoms with E-state index >= 15 is 0 Å². The van der Waals surface area contributed by atoms with E-state index in [2.05, 4.69) is 156 Å². The first-order chi connectivity index (χ1) is 19.3. The molecule has 2 nitrogen and oxygen atoms in total. The predicted molar refractivity (Wildman–Crippen MR) is 170 cm³/mol. The standard InChI is InChI=1S/C20H22N2Si.C15H15B/c1-2-3-16-23-20(22-15-14-21-17-22,18-10-6-4-7-11-18)19-12-8-5-9-13-19;1-3-7-13(8-4-1)16(15-11-12-15)14-9-5-2-6-10-14/h2-15,17H,16,23H2,1H3;1-10,15H,11-12H2. The van der Waals surface area contributed by atoms with E-state index in [9.17, 15) is 0 Å². The second kappa shape index (κ2) is 13.3. The molecule has 0 unspecified atom stereocenters. The summed E-state index contributed by atoms with van der Waals surface area (Å²) >= 11 is 0. The molecule has 0 amide bonds. The van der Waals surface area contributed by atoms with Crippen LogP contribution in [0, 0.1) is 0 Å². The molecule has 0 bridgehead atoms. The molecule has 4 heteroatoms. The summed E-state index contributed by atoms with van der Waals surface area (Å²) in [5.74, 6) is 0.866. The highest BCUT2D eigenvalue weighted by molar-refractivity contribution is 6.86. The van der Waals surface area contributed by atoms with Gasteiger partial charge in [0.2, 0.25) is 6.71 Å². The van der Waals surface area contributed by atoms with Crippen LogP contribution < -0.4 is 10.9 Å². The molecule has 1 fully saturated rings. The molecule has 1 aromatic heterocycles. The number of aromatic nitrogens is 2. The molecule has 0 atom stereocenters. The van der Waals surface area contributed by atoms with Crippen LogP contribution in [0.2, 0.25) is 11.9 Å². The zero-order valence-electron chi connectivity index (χ0n) is 22.8. The van der Waals surface area contributed by atoms with Crippen molar-refractivity contribution in [2.45, 2.75) is 36.8 Å². The van der Waals surface area contributed by atoms with Crippen LogP contribution in [0.3, 0.4) is 0 Å². The second-order valence-electron chi connectivity index (χ2n) is 10.3. The number of nitrogens with zero attached hydrogens (tertiary/aromatic N) is 2. The number of imidazole rings is 1. The van der Waals surface area contributed by atoms with Crippen LogP contribution in [0.25, 0.3) is 0 Å². The fourth-order valence-corrected chi connectivity index (χ4v) is 8.15. The fraction of sp³-hybridized carbons (Fsp3) is 0.171. The number of rotatable bonds is 9. The van der Waals surface area contributed by atoms with Gasteiger partial charge in [0.05, 0.1) is 21.0 Å². The maximum Gasteiger partial charge on any atom is 0.212 e. The van der Waals surface area contributed by atoms with E-state index in [-0.39, 0.29) is 5.16 Å². The largest absolute Gasteiger partial charge is 0.327 e. The first-order valence-electron chi connectivity index (χ1n) is 14.1. The van der Waals surface area contributed by atoms with Crippen molar-refractivity contribution in [2.75, 3.05) is 0 Å². The van der Waals surface area contributed by atoms with Gasteiger partial charge in [-0.1, -0.05) is 163 Å². The molecule has 0 saturated heterocycles. The maximum absolute atomic E-state index is 4.33. The van der Waals surface area contributed by atoms with E-state index in [1.54, 1.807) is 0 Å². The third kappa shape index (κ3) is 6.40. The van der Waals surface area contributed by atoms with Crippen molar-refractivity contribution in [3.63, 3.8) is 0 Å². The van der Waals surface area contributed by atoms with Crippen LogP contribution in [0.1, 0.15) is 30.9 Å². The smallest absolute Gasteiger partial charge is 0.212 e. The molecule has 0 radical (unpaired) electrons. The van der Waals surface area contributed by atoms with Gasteiger partial charge in [0.15, 0.2) is 0 Å². The summed E-state index contributed by atoms with van der Waals surface area (Å²) < 4.78 is 2.30. The average Bonchev–Trinajstić information content (AvgIpc) is 3.69. The maximum atomic E-state index is 4.33. The zero-order chi connectivity index (χ0) is 26.8. The van der Waals surface area contributed by atoms with Crippen LogP contribution in [0.4, 0.5) is 0 Å². The lowest BCUT2D eigenvalue weighted by Crippen LogP contribution is -2.42. The second-order valence-corrected chi connectivity index (χ2v) is 12.4. The Morgan fingerprint density at radius 1 is 0.769 bits per heavy atom. The fourth-order valence-electron chi connectivity index (χ4n) is 5.74. The van der Waals surface area contributed by atoms with Crippen LogP contribution in [-0.4, -0.2) is 25.8 Å². The molecule has 4 aromatic carbocycles. The number of hydrogen-bond donors (Lipinski definition) is 0. The molecule has 194 valence electrons. The molecule has 1 aliphatic rings. The summed E-state index contributed by atoms with van der Waals surface area (Å²) in [5, 5.41) is -0.0987. The van der Waals surface area contributed by atoms with Crippen LogP contribution >= 0.6 is 0 Å². The topological polar surface area (TPSA) is 17.8 Å². The van der Waals surface area contributed by atoms with Gasteiger partial charge < -0.3 is 4.57 Å². The first kappa shape index (κ1) is 26.7. The molecular weight excluding hydrogens is 487 g/mol. The quantitative estimate of drug-likeness (QED) is 0.165. The zero-order valence-corrected chi connectivity index (χ0v) is 24.2. The highest BCUT2D eigenvalue weighted by Crippen LogP contribution is 2.38. The van der Waals surface area contributed by atoms with E-state index < -0.39 is 9.52 Å². The van der Waals surface area contributed by atoms with Crippen LogP contribution in [-0.2, 0) is 5.16 Å². The summed E-state index contributed by atoms with van der Waals surface area (Å²) in [6, 6.07) is 44.7. The summed E-state index contributed by atoms with van der Waals surface area (Å²) in [7, 11) is -0.522. The average molecular weight is 525 g/mol. The number of allylic oxidation sites excluding steroid dienone is 2. The highest BCUT2D eigenvalue weighted by atomic mass is 28.2. The van der Waals surface area contributed by atoms with E-state index in [0.29, 0.717) is 6.71 Å². The van der Waals surface area contributed by atoms with Gasteiger partial charge in [0.25, 0.3) is 0 Å². The summed E-state index contributed by atoms with van der Waals surface area (Å²) in [6.45, 7) is 2.71. The Morgan fingerprint density at radius 3 is 1.67 bits per heavy atom. The Hall–Kier alpha value is -3.89. The van der Waals surface area contributed by atoms with Crippen molar-refractivity contribution >= 4 is 27.2 Å². The van der Waals surface area contributed by atoms with Gasteiger partial charge in [-0.15, -0.1) is 0 Å². The molecule has 1 heterocycles. The lowest BCUT2D eigenvalue weighted by Gasteiger charge is -2.36. The Labute approximate surface area is 236 Å². The lowest BCUT2D eigenvalue weighted by molar-refractivity contribution is 0.592. The summed E-state index contributed by atoms with van der Waals surface area (Å²) in [5.41, 5.74) is 5.63. The molecule has 5 aromatic rings. The molecule has 1 saturated carbocycles. The van der Waals surface area contributed by atoms with E-state index in [0.717, 1.165) is 11.9 Å². The van der Waals surface area contributed by atoms with Crippen molar-refractivity contribution in [1.29, 1.82) is 0 Å². The third-order valence-corrected chi connectivity index (χ3v) is 10.3. The summed E-state index contributed by atoms with van der Waals surface area (Å²) in [4.78, 5) is 4.33. The van der Waals surface area contributed by atoms with Gasteiger partial charge in [-0.05, 0) is 24.1 Å². The molecular formula is C35H37BN2Si. The summed E-state index contributed by atoms with van der Waals surface area (Å²) in [6.07, 6.45) is 13.2. The Kier molecular flexibility index (Phi) is 9.08. The van der Waals surface area contributed by atoms with Crippen molar-refractivity contribution in [3.8, 4) is 0 Å². The Balaban J connectivity index is 0.000000168. The molecule has 6 rings (SSSR count). The monoisotopic (exact) mass is 524 g/mol.